The highest BCUT2D eigenvalue weighted by atomic mass is 16.7. The molecule has 0 saturated heterocycles. The summed E-state index contributed by atoms with van der Waals surface area (Å²) in [4.78, 5) is 15.9. The van der Waals surface area contributed by atoms with Gasteiger partial charge in [0, 0.05) is 20.2 Å². The molecule has 74 valence electrons. The Labute approximate surface area is 83.6 Å². The van der Waals surface area contributed by atoms with Crippen LogP contribution in [0.1, 0.15) is 5.56 Å². The molecule has 1 aromatic carbocycles. The van der Waals surface area contributed by atoms with Crippen LogP contribution in [-0.4, -0.2) is 25.1 Å². The minimum absolute atomic E-state index is 0.376. The summed E-state index contributed by atoms with van der Waals surface area (Å²) in [5.74, 6) is -0.376. The van der Waals surface area contributed by atoms with Gasteiger partial charge >= 0.3 is 5.97 Å². The Morgan fingerprint density at radius 3 is 2.50 bits per heavy atom. The molecule has 3 nitrogen and oxygen atoms in total. The smallest absolute Gasteiger partial charge is 0.349 e. The van der Waals surface area contributed by atoms with Gasteiger partial charge in [0.15, 0.2) is 0 Å². The summed E-state index contributed by atoms with van der Waals surface area (Å²) in [5.41, 5.74) is 0.975. The van der Waals surface area contributed by atoms with Crippen LogP contribution < -0.4 is 0 Å². The summed E-state index contributed by atoms with van der Waals surface area (Å²) in [6.45, 7) is 0. The molecule has 0 bridgehead atoms. The highest BCUT2D eigenvalue weighted by Gasteiger charge is 1.97. The van der Waals surface area contributed by atoms with E-state index in [2.05, 4.69) is 0 Å². The van der Waals surface area contributed by atoms with Crippen molar-refractivity contribution in [2.45, 2.75) is 0 Å². The number of rotatable bonds is 3. The van der Waals surface area contributed by atoms with E-state index in [1.165, 1.54) is 11.1 Å². The minimum Gasteiger partial charge on any atom is -0.365 e. The lowest BCUT2D eigenvalue weighted by atomic mass is 10.2. The first-order valence-electron chi connectivity index (χ1n) is 4.31. The van der Waals surface area contributed by atoms with Crippen LogP contribution in [0.5, 0.6) is 0 Å². The monoisotopic (exact) mass is 191 g/mol. The second kappa shape index (κ2) is 5.19. The predicted molar refractivity (Wildman–Crippen MR) is 55.3 cm³/mol. The van der Waals surface area contributed by atoms with E-state index in [1.807, 2.05) is 30.3 Å². The molecule has 0 fully saturated rings. The second-order valence-corrected chi connectivity index (χ2v) is 2.97. The molecule has 0 unspecified atom stereocenters. The van der Waals surface area contributed by atoms with Gasteiger partial charge in [0.05, 0.1) is 0 Å². The predicted octanol–water partition coefficient (Wildman–Crippen LogP) is 1.72. The van der Waals surface area contributed by atoms with Gasteiger partial charge in [-0.2, -0.15) is 0 Å². The van der Waals surface area contributed by atoms with E-state index in [0.717, 1.165) is 5.56 Å². The quantitative estimate of drug-likeness (QED) is 0.538. The first-order valence-corrected chi connectivity index (χ1v) is 4.31. The average molecular weight is 191 g/mol. The molecular formula is C11H13NO2. The van der Waals surface area contributed by atoms with Crippen LogP contribution in [0, 0.1) is 0 Å². The van der Waals surface area contributed by atoms with Crippen molar-refractivity contribution in [2.24, 2.45) is 0 Å². The Morgan fingerprint density at radius 2 is 1.93 bits per heavy atom. The molecule has 0 heterocycles. The van der Waals surface area contributed by atoms with Crippen LogP contribution in [0.15, 0.2) is 36.4 Å². The van der Waals surface area contributed by atoms with Crippen LogP contribution >= 0.6 is 0 Å². The molecule has 0 aliphatic rings. The van der Waals surface area contributed by atoms with Crippen molar-refractivity contribution < 1.29 is 9.63 Å². The fraction of sp³-hybridized carbons (Fsp3) is 0.182. The van der Waals surface area contributed by atoms with E-state index >= 15 is 0 Å². The summed E-state index contributed by atoms with van der Waals surface area (Å²) < 4.78 is 0. The molecule has 0 N–H and O–H groups in total. The van der Waals surface area contributed by atoms with E-state index in [-0.39, 0.29) is 5.97 Å². The third kappa shape index (κ3) is 3.87. The number of hydrogen-bond acceptors (Lipinski definition) is 3. The Bertz CT molecular complexity index is 317. The third-order valence-electron chi connectivity index (χ3n) is 1.48. The van der Waals surface area contributed by atoms with Crippen molar-refractivity contribution in [3.8, 4) is 0 Å². The fourth-order valence-corrected chi connectivity index (χ4v) is 0.939. The van der Waals surface area contributed by atoms with Crippen molar-refractivity contribution in [1.29, 1.82) is 0 Å². The van der Waals surface area contributed by atoms with E-state index in [0.29, 0.717) is 0 Å². The molecule has 3 heteroatoms. The fourth-order valence-electron chi connectivity index (χ4n) is 0.939. The SMILES string of the molecule is CN(C)OC(=O)C=Cc1ccccc1. The average Bonchev–Trinajstić information content (AvgIpc) is 2.15. The summed E-state index contributed by atoms with van der Waals surface area (Å²) in [6.07, 6.45) is 3.11. The number of hydrogen-bond donors (Lipinski definition) is 0. The lowest BCUT2D eigenvalue weighted by Gasteiger charge is -2.06. The van der Waals surface area contributed by atoms with Crippen molar-refractivity contribution in [3.63, 3.8) is 0 Å². The standard InChI is InChI=1S/C11H13NO2/c1-12(2)14-11(13)9-8-10-6-4-3-5-7-10/h3-9H,1-2H3. The van der Waals surface area contributed by atoms with Gasteiger partial charge in [-0.3, -0.25) is 0 Å². The van der Waals surface area contributed by atoms with Crippen molar-refractivity contribution >= 4 is 12.0 Å². The van der Waals surface area contributed by atoms with Gasteiger partial charge < -0.3 is 4.84 Å². The Morgan fingerprint density at radius 1 is 1.29 bits per heavy atom. The van der Waals surface area contributed by atoms with Crippen LogP contribution in [-0.2, 0) is 9.63 Å². The zero-order chi connectivity index (χ0) is 10.4. The molecule has 0 saturated carbocycles. The molecule has 1 aromatic rings. The summed E-state index contributed by atoms with van der Waals surface area (Å²) in [6, 6.07) is 9.59. The van der Waals surface area contributed by atoms with Crippen LogP contribution in [0.3, 0.4) is 0 Å². The lowest BCUT2D eigenvalue weighted by Crippen LogP contribution is -2.16. The largest absolute Gasteiger partial charge is 0.365 e. The molecule has 0 atom stereocenters. The van der Waals surface area contributed by atoms with Gasteiger partial charge in [0.25, 0.3) is 0 Å². The number of nitrogens with zero attached hydrogens (tertiary/aromatic N) is 1. The van der Waals surface area contributed by atoms with Crippen LogP contribution in [0.25, 0.3) is 6.08 Å². The molecule has 0 radical (unpaired) electrons. The van der Waals surface area contributed by atoms with Crippen molar-refractivity contribution in [2.75, 3.05) is 14.1 Å². The number of carbonyl (C=O) groups excluding carboxylic acids is 1. The minimum atomic E-state index is -0.376. The zero-order valence-electron chi connectivity index (χ0n) is 8.31. The Balaban J connectivity index is 2.52. The van der Waals surface area contributed by atoms with E-state index < -0.39 is 0 Å². The molecule has 0 aromatic heterocycles. The van der Waals surface area contributed by atoms with Gasteiger partial charge in [-0.25, -0.2) is 4.79 Å². The Hall–Kier alpha value is -1.61. The van der Waals surface area contributed by atoms with Gasteiger partial charge in [0.1, 0.15) is 0 Å². The highest BCUT2D eigenvalue weighted by molar-refractivity contribution is 5.86. The zero-order valence-corrected chi connectivity index (χ0v) is 8.31. The van der Waals surface area contributed by atoms with Crippen LogP contribution in [0.2, 0.25) is 0 Å². The van der Waals surface area contributed by atoms with Gasteiger partial charge in [-0.1, -0.05) is 30.3 Å². The van der Waals surface area contributed by atoms with E-state index in [1.54, 1.807) is 20.2 Å². The summed E-state index contributed by atoms with van der Waals surface area (Å²) >= 11 is 0. The maximum absolute atomic E-state index is 11.1. The molecular weight excluding hydrogens is 178 g/mol. The molecule has 0 spiro atoms. The number of hydroxylamine groups is 2. The second-order valence-electron chi connectivity index (χ2n) is 2.97. The van der Waals surface area contributed by atoms with Gasteiger partial charge in [-0.05, 0) is 11.6 Å². The topological polar surface area (TPSA) is 29.5 Å². The highest BCUT2D eigenvalue weighted by Crippen LogP contribution is 2.01. The maximum atomic E-state index is 11.1. The molecule has 0 aliphatic heterocycles. The molecule has 0 amide bonds. The third-order valence-corrected chi connectivity index (χ3v) is 1.48. The van der Waals surface area contributed by atoms with Crippen molar-refractivity contribution in [1.82, 2.24) is 5.06 Å². The number of benzene rings is 1. The maximum Gasteiger partial charge on any atom is 0.349 e. The summed E-state index contributed by atoms with van der Waals surface area (Å²) in [7, 11) is 3.32. The normalized spacial score (nSPS) is 10.8. The Kier molecular flexibility index (Phi) is 3.88. The molecule has 0 aliphatic carbocycles. The van der Waals surface area contributed by atoms with E-state index in [4.69, 9.17) is 4.84 Å². The van der Waals surface area contributed by atoms with E-state index in [9.17, 15) is 4.79 Å². The summed E-state index contributed by atoms with van der Waals surface area (Å²) in [5, 5.41) is 1.36. The number of carbonyl (C=O) groups is 1. The van der Waals surface area contributed by atoms with Crippen LogP contribution in [0.4, 0.5) is 0 Å². The van der Waals surface area contributed by atoms with Gasteiger partial charge in [-0.15, -0.1) is 5.06 Å². The first-order chi connectivity index (χ1) is 6.68. The molecule has 14 heavy (non-hydrogen) atoms. The van der Waals surface area contributed by atoms with Gasteiger partial charge in [0.2, 0.25) is 0 Å². The van der Waals surface area contributed by atoms with Crippen molar-refractivity contribution in [3.05, 3.63) is 42.0 Å². The first kappa shape index (κ1) is 10.5. The molecule has 1 rings (SSSR count). The lowest BCUT2D eigenvalue weighted by molar-refractivity contribution is -0.171.